The molecule has 6 N–H and O–H groups in total. The third-order valence-corrected chi connectivity index (χ3v) is 9.25. The third kappa shape index (κ3) is 26.1. The van der Waals surface area contributed by atoms with Crippen molar-refractivity contribution in [1.29, 1.82) is 0 Å². The van der Waals surface area contributed by atoms with Gasteiger partial charge in [0.1, 0.15) is 22.6 Å². The van der Waals surface area contributed by atoms with E-state index in [1.54, 1.807) is 68.4 Å². The largest absolute Gasteiger partial charge is 0.868 e. The zero-order valence-corrected chi connectivity index (χ0v) is 47.6. The second kappa shape index (κ2) is 34.5. The van der Waals surface area contributed by atoms with E-state index in [1.807, 2.05) is 13.8 Å². The number of nitrogen functional groups attached to an aromatic ring is 1. The van der Waals surface area contributed by atoms with E-state index in [0.29, 0.717) is 54.5 Å². The maximum atomic E-state index is 13.5. The van der Waals surface area contributed by atoms with Crippen LogP contribution < -0.4 is 37.0 Å². The zero-order valence-electron chi connectivity index (χ0n) is 47.6. The molecule has 458 valence electrons. The molecule has 2 aromatic carbocycles. The lowest BCUT2D eigenvalue weighted by atomic mass is 10.1. The zero-order chi connectivity index (χ0) is 64.9. The van der Waals surface area contributed by atoms with Crippen molar-refractivity contribution < 1.29 is 85.6 Å². The summed E-state index contributed by atoms with van der Waals surface area (Å²) in [7, 11) is 0. The van der Waals surface area contributed by atoms with Gasteiger partial charge in [-0.2, -0.15) is 15.4 Å². The molecule has 30 nitrogen and oxygen atoms in total. The first kappa shape index (κ1) is 72.2. The predicted octanol–water partition coefficient (Wildman–Crippen LogP) is 8.56. The number of halogens is 3. The number of nitrogens with one attached hydrogen (secondary N) is 2. The fourth-order valence-electron chi connectivity index (χ4n) is 5.73. The molecule has 0 atom stereocenters. The highest BCUT2D eigenvalue weighted by Crippen LogP contribution is 2.30. The van der Waals surface area contributed by atoms with Crippen LogP contribution in [0.1, 0.15) is 97.3 Å². The molecular weight excluding hydrogens is 1140 g/mol. The number of non-ortho nitro benzene ring substituents is 2. The Morgan fingerprint density at radius 2 is 1.26 bits per heavy atom. The summed E-state index contributed by atoms with van der Waals surface area (Å²) >= 11 is 0. The van der Waals surface area contributed by atoms with Crippen molar-refractivity contribution in [2.45, 2.75) is 100 Å². The number of nitrogens with zero attached hydrogens (tertiary/aromatic N) is 8. The molecule has 0 aliphatic carbocycles. The summed E-state index contributed by atoms with van der Waals surface area (Å²) in [5, 5.41) is 60.6. The SMILES string of the molecule is CC(C)(C)OC(=O)Nc1cc[n+](N)cc1F.CC(C)(C)OC(=O)Nc1ccncc1F.CCC#CC(=O)OCC.CCOC(=O)c1c(CC)nn2cc(F)c(C)cc12.NOc1ccc([N+](=O)[O-])cc1[N+](=O)[O-].O=[N+]([O-])c1ccc([O-])c([N+](=O)[O-])c1. The number of esters is 2. The van der Waals surface area contributed by atoms with Crippen molar-refractivity contribution in [3.63, 3.8) is 0 Å². The molecule has 0 saturated carbocycles. The van der Waals surface area contributed by atoms with Crippen molar-refractivity contribution in [2.75, 3.05) is 29.7 Å². The highest BCUT2D eigenvalue weighted by molar-refractivity contribution is 5.98. The van der Waals surface area contributed by atoms with Crippen molar-refractivity contribution in [3.05, 3.63) is 160 Å². The number of nitro groups is 4. The number of fused-ring (bicyclic) bond motifs is 1. The molecule has 0 unspecified atom stereocenters. The summed E-state index contributed by atoms with van der Waals surface area (Å²) in [6, 6.07) is 9.60. The lowest BCUT2D eigenvalue weighted by molar-refractivity contribution is -0.640. The van der Waals surface area contributed by atoms with Gasteiger partial charge in [0, 0.05) is 36.7 Å². The summed E-state index contributed by atoms with van der Waals surface area (Å²) in [5.41, 5.74) is -1.20. The number of aryl methyl sites for hydroxylation is 2. The molecule has 0 bridgehead atoms. The predicted molar refractivity (Wildman–Crippen MR) is 294 cm³/mol. The number of hydrogen-bond acceptors (Lipinski definition) is 22. The molecular formula is C52H61F3N12O18. The Balaban J connectivity index is 0.000000515. The summed E-state index contributed by atoms with van der Waals surface area (Å²) < 4.78 is 61.7. The molecule has 4 heterocycles. The standard InChI is InChI=1S/C13H15FN2O2.C10H14FN3O2.C10H13FN2O2.C7H10O2.C6H5N3O5.C6H4N2O5/c1-4-10-12(13(17)18-5-2)11-6-8(3)9(14)7-16(11)15-10;1-10(2,3)16-9(15)13-8-4-5-14(12)6-7(8)11;1-10(2,3)15-9(14)13-8-4-5-12-6-7(8)11;1-3-5-6-7(8)9-4-2;7-14-6-2-1-4(8(10)11)3-5(6)9(12)13;9-6-2-1-4(7(10)11)3-5(6)8(12)13/h6-7H,4-5H2,1-3H3;4-6H,12H2,1-3H3;4-6H,1-3H3,(H,12,13,14);3-4H2,1-2H3;1-3H,7H2;1-3,9H. The Morgan fingerprint density at radius 3 is 1.72 bits per heavy atom. The van der Waals surface area contributed by atoms with Gasteiger partial charge < -0.3 is 28.9 Å². The topological polar surface area (TPSA) is 420 Å². The van der Waals surface area contributed by atoms with E-state index in [4.69, 9.17) is 26.0 Å². The smallest absolute Gasteiger partial charge is 0.412 e. The molecule has 85 heavy (non-hydrogen) atoms. The number of amides is 2. The van der Waals surface area contributed by atoms with E-state index in [2.05, 4.69) is 42.1 Å². The third-order valence-electron chi connectivity index (χ3n) is 9.25. The van der Waals surface area contributed by atoms with Gasteiger partial charge in [-0.05, 0) is 98.2 Å². The van der Waals surface area contributed by atoms with Crippen LogP contribution in [0.3, 0.4) is 0 Å². The van der Waals surface area contributed by atoms with Crippen LogP contribution in [0.25, 0.3) is 5.52 Å². The first-order valence-corrected chi connectivity index (χ1v) is 24.6. The fraction of sp³-hybridized carbons (Fsp3) is 0.327. The number of ether oxygens (including phenoxy) is 4. The highest BCUT2D eigenvalue weighted by Gasteiger charge is 2.23. The van der Waals surface area contributed by atoms with Crippen LogP contribution in [0.15, 0.2) is 85.6 Å². The Bertz CT molecular complexity index is 3400. The van der Waals surface area contributed by atoms with E-state index in [0.717, 1.165) is 47.4 Å². The van der Waals surface area contributed by atoms with Gasteiger partial charge in [-0.15, -0.1) is 0 Å². The Morgan fingerprint density at radius 1 is 0.729 bits per heavy atom. The average Bonchev–Trinajstić information content (AvgIpc) is 2.13. The Kier molecular flexibility index (Phi) is 29.3. The molecule has 0 spiro atoms. The lowest BCUT2D eigenvalue weighted by Crippen LogP contribution is -2.44. The molecule has 0 aliphatic heterocycles. The summed E-state index contributed by atoms with van der Waals surface area (Å²) in [6.45, 7) is 20.0. The molecule has 4 aromatic heterocycles. The van der Waals surface area contributed by atoms with Crippen LogP contribution >= 0.6 is 0 Å². The molecule has 0 saturated heterocycles. The molecule has 33 heteroatoms. The van der Waals surface area contributed by atoms with E-state index in [9.17, 15) is 77.9 Å². The normalized spacial score (nSPS) is 10.1. The van der Waals surface area contributed by atoms with E-state index < -0.39 is 95.2 Å². The number of nitrogens with two attached hydrogens (primary N) is 2. The van der Waals surface area contributed by atoms with Crippen molar-refractivity contribution in [1.82, 2.24) is 14.6 Å². The number of nitro benzene ring substituents is 4. The highest BCUT2D eigenvalue weighted by atomic mass is 19.1. The van der Waals surface area contributed by atoms with Crippen LogP contribution in [-0.4, -0.2) is 82.8 Å². The summed E-state index contributed by atoms with van der Waals surface area (Å²) in [4.78, 5) is 90.4. The summed E-state index contributed by atoms with van der Waals surface area (Å²) in [5.74, 6) is 11.5. The van der Waals surface area contributed by atoms with Crippen LogP contribution in [0.4, 0.5) is 56.9 Å². The minimum absolute atomic E-state index is 0.0240. The number of hydrogen-bond donors (Lipinski definition) is 4. The number of benzene rings is 2. The fourth-order valence-corrected chi connectivity index (χ4v) is 5.73. The number of anilines is 2. The molecule has 6 rings (SSSR count). The first-order chi connectivity index (χ1) is 39.6. The molecule has 0 fully saturated rings. The lowest BCUT2D eigenvalue weighted by Gasteiger charge is -2.19. The Labute approximate surface area is 482 Å². The molecule has 6 aromatic rings. The van der Waals surface area contributed by atoms with Gasteiger partial charge in [0.15, 0.2) is 5.82 Å². The number of rotatable bonds is 11. The molecule has 0 aliphatic rings. The number of carbonyl (C=O) groups is 4. The first-order valence-electron chi connectivity index (χ1n) is 24.6. The monoisotopic (exact) mass is 1200 g/mol. The van der Waals surface area contributed by atoms with E-state index in [-0.39, 0.29) is 22.9 Å². The second-order valence-corrected chi connectivity index (χ2v) is 18.1. The van der Waals surface area contributed by atoms with Gasteiger partial charge in [0.2, 0.25) is 24.0 Å². The summed E-state index contributed by atoms with van der Waals surface area (Å²) in [6.07, 6.45) is 6.04. The van der Waals surface area contributed by atoms with Gasteiger partial charge in [-0.25, -0.2) is 38.3 Å². The van der Waals surface area contributed by atoms with Gasteiger partial charge in [0.05, 0.1) is 80.0 Å². The van der Waals surface area contributed by atoms with Gasteiger partial charge in [-0.1, -0.05) is 30.5 Å². The van der Waals surface area contributed by atoms with Crippen molar-refractivity contribution in [3.8, 4) is 23.3 Å². The quantitative estimate of drug-likeness (QED) is 0.0138. The second-order valence-electron chi connectivity index (χ2n) is 18.1. The van der Waals surface area contributed by atoms with E-state index in [1.165, 1.54) is 35.2 Å². The maximum Gasteiger partial charge on any atom is 0.412 e. The van der Waals surface area contributed by atoms with E-state index >= 15 is 0 Å². The van der Waals surface area contributed by atoms with Crippen LogP contribution in [0.5, 0.6) is 11.5 Å². The molecule has 0 radical (unpaired) electrons. The maximum absolute atomic E-state index is 13.5. The van der Waals surface area contributed by atoms with Gasteiger partial charge >= 0.3 is 29.8 Å². The molecule has 2 amide bonds. The number of aromatic nitrogens is 4. The number of pyridine rings is 3. The van der Waals surface area contributed by atoms with Crippen LogP contribution in [0, 0.1) is 76.7 Å². The van der Waals surface area contributed by atoms with Crippen LogP contribution in [0.2, 0.25) is 0 Å². The van der Waals surface area contributed by atoms with Gasteiger partial charge in [-0.3, -0.25) is 56.1 Å². The van der Waals surface area contributed by atoms with Crippen molar-refractivity contribution in [2.24, 2.45) is 5.90 Å². The average molecular weight is 1200 g/mol. The minimum Gasteiger partial charge on any atom is -0.868 e. The minimum atomic E-state index is -0.949. The number of carbonyl (C=O) groups excluding carboxylic acids is 4. The van der Waals surface area contributed by atoms with Gasteiger partial charge in [0.25, 0.3) is 17.1 Å². The van der Waals surface area contributed by atoms with Crippen molar-refractivity contribution >= 4 is 63.8 Å². The Hall–Kier alpha value is -10.8. The van der Waals surface area contributed by atoms with Crippen LogP contribution in [-0.2, 0) is 30.2 Å².